The quantitative estimate of drug-likeness (QED) is 0.461. The molecule has 0 unspecified atom stereocenters. The molecule has 2 aromatic carbocycles. The number of methoxy groups -OCH3 is 1. The van der Waals surface area contributed by atoms with Gasteiger partial charge in [-0.2, -0.15) is 5.10 Å². The number of benzene rings is 2. The molecule has 8 nitrogen and oxygen atoms in total. The molecule has 1 heterocycles. The van der Waals surface area contributed by atoms with Gasteiger partial charge in [0.1, 0.15) is 12.7 Å². The molecule has 31 heavy (non-hydrogen) atoms. The van der Waals surface area contributed by atoms with Crippen LogP contribution in [-0.4, -0.2) is 34.5 Å². The van der Waals surface area contributed by atoms with Gasteiger partial charge in [-0.3, -0.25) is 0 Å². The first-order valence-electron chi connectivity index (χ1n) is 10.4. The number of ether oxygens (including phenoxy) is 2. The topological polar surface area (TPSA) is 90.3 Å². The number of aromatic nitrogens is 3. The van der Waals surface area contributed by atoms with Crippen LogP contribution in [0.25, 0.3) is 0 Å². The molecule has 0 aliphatic heterocycles. The zero-order valence-corrected chi connectivity index (χ0v) is 18.0. The minimum absolute atomic E-state index is 0.232. The number of carbonyl (C=O) groups is 1. The Balaban J connectivity index is 1.47. The van der Waals surface area contributed by atoms with Crippen molar-refractivity contribution in [3.05, 3.63) is 71.8 Å². The van der Waals surface area contributed by atoms with E-state index in [0.717, 1.165) is 35.3 Å². The molecule has 0 saturated heterocycles. The van der Waals surface area contributed by atoms with Gasteiger partial charge in [-0.05, 0) is 35.2 Å². The van der Waals surface area contributed by atoms with Gasteiger partial charge in [0.25, 0.3) is 0 Å². The number of carbonyl (C=O) groups excluding carboxylic acids is 1. The summed E-state index contributed by atoms with van der Waals surface area (Å²) in [6.45, 7) is 4.25. The van der Waals surface area contributed by atoms with Crippen molar-refractivity contribution < 1.29 is 14.3 Å². The summed E-state index contributed by atoms with van der Waals surface area (Å²) in [5.41, 5.74) is 3.05. The number of nitrogens with one attached hydrogen (secondary N) is 2. The van der Waals surface area contributed by atoms with E-state index < -0.39 is 0 Å². The average molecular weight is 424 g/mol. The second-order valence-corrected chi connectivity index (χ2v) is 7.14. The Morgan fingerprint density at radius 1 is 1.03 bits per heavy atom. The summed E-state index contributed by atoms with van der Waals surface area (Å²) < 4.78 is 12.9. The Labute approximate surface area is 182 Å². The van der Waals surface area contributed by atoms with E-state index in [-0.39, 0.29) is 6.03 Å². The highest BCUT2D eigenvalue weighted by Gasteiger charge is 2.07. The highest BCUT2D eigenvalue weighted by molar-refractivity contribution is 5.73. The maximum absolute atomic E-state index is 12.2. The molecule has 0 aliphatic carbocycles. The Kier molecular flexibility index (Phi) is 8.28. The summed E-state index contributed by atoms with van der Waals surface area (Å²) in [6.07, 6.45) is 5.26. The van der Waals surface area contributed by atoms with Crippen LogP contribution in [0.15, 0.2) is 55.1 Å². The molecule has 0 saturated carbocycles. The van der Waals surface area contributed by atoms with Crippen LogP contribution in [0.5, 0.6) is 11.5 Å². The van der Waals surface area contributed by atoms with Gasteiger partial charge < -0.3 is 20.1 Å². The largest absolute Gasteiger partial charge is 0.493 e. The van der Waals surface area contributed by atoms with Crippen molar-refractivity contribution in [3.8, 4) is 11.5 Å². The van der Waals surface area contributed by atoms with Crippen molar-refractivity contribution in [1.29, 1.82) is 0 Å². The SMILES string of the molecule is CCCCOc1ccc(CNC(=O)NCc2cccc(Cn3cncn3)c2)cc1OC. The molecule has 0 spiro atoms. The fraction of sp³-hybridized carbons (Fsp3) is 0.348. The van der Waals surface area contributed by atoms with E-state index in [1.165, 1.54) is 6.33 Å². The molecule has 0 bridgehead atoms. The molecule has 1 aromatic heterocycles. The molecular formula is C23H29N5O3. The maximum Gasteiger partial charge on any atom is 0.315 e. The van der Waals surface area contributed by atoms with Crippen molar-refractivity contribution in [2.45, 2.75) is 39.4 Å². The fourth-order valence-electron chi connectivity index (χ4n) is 3.03. The first kappa shape index (κ1) is 22.1. The van der Waals surface area contributed by atoms with Gasteiger partial charge in [-0.25, -0.2) is 14.5 Å². The van der Waals surface area contributed by atoms with E-state index in [1.54, 1.807) is 18.1 Å². The zero-order valence-electron chi connectivity index (χ0n) is 18.0. The minimum atomic E-state index is -0.232. The molecular weight excluding hydrogens is 394 g/mol. The Morgan fingerprint density at radius 2 is 1.81 bits per heavy atom. The number of urea groups is 1. The molecule has 3 aromatic rings. The van der Waals surface area contributed by atoms with Crippen LogP contribution in [0.1, 0.15) is 36.5 Å². The second-order valence-electron chi connectivity index (χ2n) is 7.14. The molecule has 0 radical (unpaired) electrons. The molecule has 8 heteroatoms. The number of hydrogen-bond donors (Lipinski definition) is 2. The van der Waals surface area contributed by atoms with E-state index in [0.29, 0.717) is 32.0 Å². The number of hydrogen-bond acceptors (Lipinski definition) is 5. The van der Waals surface area contributed by atoms with Crippen molar-refractivity contribution >= 4 is 6.03 Å². The lowest BCUT2D eigenvalue weighted by molar-refractivity contribution is 0.240. The van der Waals surface area contributed by atoms with Gasteiger partial charge in [0.2, 0.25) is 0 Å². The van der Waals surface area contributed by atoms with Gasteiger partial charge in [-0.15, -0.1) is 0 Å². The highest BCUT2D eigenvalue weighted by atomic mass is 16.5. The molecule has 2 amide bonds. The van der Waals surface area contributed by atoms with Crippen LogP contribution in [0.4, 0.5) is 4.79 Å². The van der Waals surface area contributed by atoms with Crippen LogP contribution in [-0.2, 0) is 19.6 Å². The summed E-state index contributed by atoms with van der Waals surface area (Å²) in [6, 6.07) is 13.5. The van der Waals surface area contributed by atoms with Gasteiger partial charge in [0, 0.05) is 13.1 Å². The molecule has 2 N–H and O–H groups in total. The lowest BCUT2D eigenvalue weighted by Gasteiger charge is -2.13. The van der Waals surface area contributed by atoms with Crippen molar-refractivity contribution in [1.82, 2.24) is 25.4 Å². The van der Waals surface area contributed by atoms with E-state index >= 15 is 0 Å². The van der Waals surface area contributed by atoms with E-state index in [4.69, 9.17) is 9.47 Å². The summed E-state index contributed by atoms with van der Waals surface area (Å²) in [5, 5.41) is 9.88. The fourth-order valence-corrected chi connectivity index (χ4v) is 3.03. The number of amides is 2. The summed E-state index contributed by atoms with van der Waals surface area (Å²) in [7, 11) is 1.61. The van der Waals surface area contributed by atoms with Crippen LogP contribution >= 0.6 is 0 Å². The van der Waals surface area contributed by atoms with Crippen LogP contribution < -0.4 is 20.1 Å². The van der Waals surface area contributed by atoms with Gasteiger partial charge in [-0.1, -0.05) is 43.7 Å². The normalized spacial score (nSPS) is 10.5. The number of unbranched alkanes of at least 4 members (excludes halogenated alkanes) is 1. The molecule has 164 valence electrons. The average Bonchev–Trinajstić information content (AvgIpc) is 3.30. The minimum Gasteiger partial charge on any atom is -0.493 e. The monoisotopic (exact) mass is 423 g/mol. The smallest absolute Gasteiger partial charge is 0.315 e. The van der Waals surface area contributed by atoms with Crippen molar-refractivity contribution in [3.63, 3.8) is 0 Å². The molecule has 3 rings (SSSR count). The van der Waals surface area contributed by atoms with E-state index in [9.17, 15) is 4.79 Å². The maximum atomic E-state index is 12.2. The third kappa shape index (κ3) is 7.02. The molecule has 0 atom stereocenters. The lowest BCUT2D eigenvalue weighted by atomic mass is 10.1. The van der Waals surface area contributed by atoms with Gasteiger partial charge in [0.15, 0.2) is 11.5 Å². The highest BCUT2D eigenvalue weighted by Crippen LogP contribution is 2.28. The van der Waals surface area contributed by atoms with Crippen molar-refractivity contribution in [2.24, 2.45) is 0 Å². The van der Waals surface area contributed by atoms with E-state index in [1.807, 2.05) is 42.5 Å². The van der Waals surface area contributed by atoms with Crippen molar-refractivity contribution in [2.75, 3.05) is 13.7 Å². The summed E-state index contributed by atoms with van der Waals surface area (Å²) in [5.74, 6) is 1.38. The van der Waals surface area contributed by atoms with Gasteiger partial charge in [0.05, 0.1) is 20.3 Å². The first-order valence-corrected chi connectivity index (χ1v) is 10.4. The third-order valence-electron chi connectivity index (χ3n) is 4.69. The van der Waals surface area contributed by atoms with Crippen LogP contribution in [0.3, 0.4) is 0 Å². The molecule has 0 fully saturated rings. The Morgan fingerprint density at radius 3 is 2.52 bits per heavy atom. The second kappa shape index (κ2) is 11.6. The van der Waals surface area contributed by atoms with E-state index in [2.05, 4.69) is 27.6 Å². The predicted molar refractivity (Wildman–Crippen MR) is 118 cm³/mol. The lowest BCUT2D eigenvalue weighted by Crippen LogP contribution is -2.34. The summed E-state index contributed by atoms with van der Waals surface area (Å²) in [4.78, 5) is 16.2. The van der Waals surface area contributed by atoms with Gasteiger partial charge >= 0.3 is 6.03 Å². The first-order chi connectivity index (χ1) is 15.2. The van der Waals surface area contributed by atoms with Crippen LogP contribution in [0.2, 0.25) is 0 Å². The zero-order chi connectivity index (χ0) is 21.9. The number of rotatable bonds is 11. The Hall–Kier alpha value is -3.55. The third-order valence-corrected chi connectivity index (χ3v) is 4.69. The summed E-state index contributed by atoms with van der Waals surface area (Å²) >= 11 is 0. The predicted octanol–water partition coefficient (Wildman–Crippen LogP) is 3.51. The molecule has 0 aliphatic rings. The Bertz CT molecular complexity index is 960. The van der Waals surface area contributed by atoms with Crippen LogP contribution in [0, 0.1) is 0 Å². The standard InChI is InChI=1S/C23H29N5O3/c1-3-4-10-31-21-9-8-19(12-22(21)30-2)14-26-23(29)25-13-18-6-5-7-20(11-18)15-28-17-24-16-27-28/h5-9,11-12,16-17H,3-4,10,13-15H2,1-2H3,(H2,25,26,29). The number of nitrogens with zero attached hydrogens (tertiary/aromatic N) is 3.